The van der Waals surface area contributed by atoms with E-state index in [-0.39, 0.29) is 11.0 Å². The van der Waals surface area contributed by atoms with Gasteiger partial charge in [-0.3, -0.25) is 0 Å². The SMILES string of the molecule is CCC1(CC)CC2(CC(C)(C)N1O)OCC(C)(COCc1ccccc1)CO2. The molecule has 0 atom stereocenters. The molecule has 0 radical (unpaired) electrons. The average Bonchev–Trinajstić information content (AvgIpc) is 2.68. The Morgan fingerprint density at radius 1 is 1.00 bits per heavy atom. The van der Waals surface area contributed by atoms with Crippen LogP contribution in [0.15, 0.2) is 30.3 Å². The predicted molar refractivity (Wildman–Crippen MR) is 109 cm³/mol. The summed E-state index contributed by atoms with van der Waals surface area (Å²) in [6, 6.07) is 10.2. The number of piperidine rings is 1. The maximum atomic E-state index is 10.9. The Labute approximate surface area is 169 Å². The number of hydrogen-bond acceptors (Lipinski definition) is 5. The summed E-state index contributed by atoms with van der Waals surface area (Å²) in [6.45, 7) is 13.0. The van der Waals surface area contributed by atoms with Crippen molar-refractivity contribution in [3.63, 3.8) is 0 Å². The first-order chi connectivity index (χ1) is 13.2. The molecule has 2 aliphatic rings. The van der Waals surface area contributed by atoms with Crippen LogP contribution >= 0.6 is 0 Å². The second kappa shape index (κ2) is 8.04. The minimum absolute atomic E-state index is 0.165. The van der Waals surface area contributed by atoms with E-state index in [4.69, 9.17) is 14.2 Å². The van der Waals surface area contributed by atoms with Gasteiger partial charge in [-0.1, -0.05) is 51.1 Å². The molecule has 3 rings (SSSR count). The van der Waals surface area contributed by atoms with Crippen LogP contribution in [0.25, 0.3) is 0 Å². The van der Waals surface area contributed by atoms with Crippen molar-refractivity contribution in [2.45, 2.75) is 83.8 Å². The van der Waals surface area contributed by atoms with Crippen LogP contribution in [0.2, 0.25) is 0 Å². The smallest absolute Gasteiger partial charge is 0.172 e. The molecule has 0 aliphatic carbocycles. The lowest BCUT2D eigenvalue weighted by molar-refractivity contribution is -0.379. The third kappa shape index (κ3) is 4.29. The summed E-state index contributed by atoms with van der Waals surface area (Å²) in [4.78, 5) is 0. The summed E-state index contributed by atoms with van der Waals surface area (Å²) in [5.74, 6) is -0.631. The standard InChI is InChI=1S/C23H37NO4/c1-6-22(7-2)15-23(14-20(3,4)24(22)25)27-17-21(5,18-28-23)16-26-13-19-11-9-8-10-12-19/h8-12,25H,6-7,13-18H2,1-5H3. The van der Waals surface area contributed by atoms with Crippen molar-refractivity contribution in [1.82, 2.24) is 5.06 Å². The largest absolute Gasteiger partial charge is 0.376 e. The molecule has 158 valence electrons. The number of rotatable bonds is 6. The summed E-state index contributed by atoms with van der Waals surface area (Å²) >= 11 is 0. The number of nitrogens with zero attached hydrogens (tertiary/aromatic N) is 1. The fourth-order valence-electron chi connectivity index (χ4n) is 4.79. The maximum absolute atomic E-state index is 10.9. The van der Waals surface area contributed by atoms with Gasteiger partial charge in [-0.15, -0.1) is 0 Å². The fraction of sp³-hybridized carbons (Fsp3) is 0.739. The Morgan fingerprint density at radius 3 is 2.18 bits per heavy atom. The van der Waals surface area contributed by atoms with Gasteiger partial charge in [0.15, 0.2) is 5.79 Å². The summed E-state index contributed by atoms with van der Waals surface area (Å²) in [5.41, 5.74) is 0.288. The lowest BCUT2D eigenvalue weighted by Gasteiger charge is -2.59. The lowest BCUT2D eigenvalue weighted by atomic mass is 9.73. The molecule has 0 bridgehead atoms. The number of ether oxygens (including phenoxy) is 3. The second-order valence-corrected chi connectivity index (χ2v) is 9.69. The molecule has 28 heavy (non-hydrogen) atoms. The van der Waals surface area contributed by atoms with Gasteiger partial charge in [0.1, 0.15) is 0 Å². The maximum Gasteiger partial charge on any atom is 0.172 e. The summed E-state index contributed by atoms with van der Waals surface area (Å²) in [7, 11) is 0. The van der Waals surface area contributed by atoms with E-state index in [1.54, 1.807) is 5.06 Å². The first kappa shape index (κ1) is 21.7. The van der Waals surface area contributed by atoms with E-state index < -0.39 is 11.3 Å². The first-order valence-corrected chi connectivity index (χ1v) is 10.6. The van der Waals surface area contributed by atoms with E-state index in [0.717, 1.165) is 12.8 Å². The Balaban J connectivity index is 1.62. The highest BCUT2D eigenvalue weighted by molar-refractivity contribution is 5.13. The average molecular weight is 392 g/mol. The van der Waals surface area contributed by atoms with E-state index in [2.05, 4.69) is 46.8 Å². The topological polar surface area (TPSA) is 51.2 Å². The van der Waals surface area contributed by atoms with Crippen molar-refractivity contribution in [1.29, 1.82) is 0 Å². The van der Waals surface area contributed by atoms with Crippen LogP contribution in [-0.2, 0) is 20.8 Å². The minimum Gasteiger partial charge on any atom is -0.376 e. The molecule has 0 amide bonds. The fourth-order valence-corrected chi connectivity index (χ4v) is 4.79. The highest BCUT2D eigenvalue weighted by atomic mass is 16.7. The molecular formula is C23H37NO4. The quantitative estimate of drug-likeness (QED) is 0.757. The van der Waals surface area contributed by atoms with Gasteiger partial charge in [0, 0.05) is 23.8 Å². The van der Waals surface area contributed by atoms with Gasteiger partial charge >= 0.3 is 0 Å². The Bertz CT molecular complexity index is 633. The van der Waals surface area contributed by atoms with E-state index in [1.165, 1.54) is 5.56 Å². The van der Waals surface area contributed by atoms with Crippen molar-refractivity contribution >= 4 is 0 Å². The molecule has 5 nitrogen and oxygen atoms in total. The van der Waals surface area contributed by atoms with Gasteiger partial charge in [0.25, 0.3) is 0 Å². The third-order valence-electron chi connectivity index (χ3n) is 6.57. The van der Waals surface area contributed by atoms with Crippen LogP contribution in [0.5, 0.6) is 0 Å². The van der Waals surface area contributed by atoms with Crippen LogP contribution in [-0.4, -0.2) is 47.0 Å². The van der Waals surface area contributed by atoms with Gasteiger partial charge in [0.2, 0.25) is 0 Å². The molecule has 2 saturated heterocycles. The Hall–Kier alpha value is -0.980. The Kier molecular flexibility index (Phi) is 6.23. The van der Waals surface area contributed by atoms with Gasteiger partial charge in [0.05, 0.1) is 32.0 Å². The molecule has 2 fully saturated rings. The Morgan fingerprint density at radius 2 is 1.61 bits per heavy atom. The minimum atomic E-state index is -0.631. The van der Waals surface area contributed by atoms with Gasteiger partial charge in [-0.2, -0.15) is 5.06 Å². The molecule has 0 saturated carbocycles. The normalized spacial score (nSPS) is 32.5. The molecule has 5 heteroatoms. The van der Waals surface area contributed by atoms with E-state index >= 15 is 0 Å². The molecular weight excluding hydrogens is 354 g/mol. The molecule has 0 aromatic heterocycles. The number of hydroxylamine groups is 2. The van der Waals surface area contributed by atoms with Crippen LogP contribution in [0.4, 0.5) is 0 Å². The molecule has 0 unspecified atom stereocenters. The van der Waals surface area contributed by atoms with Crippen molar-refractivity contribution < 1.29 is 19.4 Å². The molecule has 1 N–H and O–H groups in total. The summed E-state index contributed by atoms with van der Waals surface area (Å²) in [5, 5.41) is 12.5. The number of hydrogen-bond donors (Lipinski definition) is 1. The first-order valence-electron chi connectivity index (χ1n) is 10.6. The molecule has 1 aromatic rings. The molecule has 2 aliphatic heterocycles. The zero-order valence-electron chi connectivity index (χ0n) is 18.2. The third-order valence-corrected chi connectivity index (χ3v) is 6.57. The monoisotopic (exact) mass is 391 g/mol. The van der Waals surface area contributed by atoms with Crippen LogP contribution in [0, 0.1) is 5.41 Å². The van der Waals surface area contributed by atoms with Gasteiger partial charge in [-0.05, 0) is 32.3 Å². The highest BCUT2D eigenvalue weighted by Crippen LogP contribution is 2.50. The van der Waals surface area contributed by atoms with Crippen LogP contribution < -0.4 is 0 Å². The van der Waals surface area contributed by atoms with Crippen LogP contribution in [0.1, 0.15) is 65.9 Å². The molecule has 1 spiro atoms. The molecule has 1 aromatic carbocycles. The summed E-state index contributed by atoms with van der Waals surface area (Å²) < 4.78 is 18.8. The van der Waals surface area contributed by atoms with Gasteiger partial charge in [-0.25, -0.2) is 0 Å². The predicted octanol–water partition coefficient (Wildman–Crippen LogP) is 4.78. The zero-order valence-corrected chi connectivity index (χ0v) is 18.2. The number of benzene rings is 1. The zero-order chi connectivity index (χ0) is 20.5. The molecule has 2 heterocycles. The van der Waals surface area contributed by atoms with E-state index in [0.29, 0.717) is 39.3 Å². The van der Waals surface area contributed by atoms with E-state index in [1.807, 2.05) is 18.2 Å². The van der Waals surface area contributed by atoms with Crippen molar-refractivity contribution in [3.05, 3.63) is 35.9 Å². The van der Waals surface area contributed by atoms with Gasteiger partial charge < -0.3 is 19.4 Å². The van der Waals surface area contributed by atoms with Crippen molar-refractivity contribution in [3.8, 4) is 0 Å². The summed E-state index contributed by atoms with van der Waals surface area (Å²) in [6.07, 6.45) is 3.05. The van der Waals surface area contributed by atoms with Crippen molar-refractivity contribution in [2.24, 2.45) is 5.41 Å². The second-order valence-electron chi connectivity index (χ2n) is 9.69. The van der Waals surface area contributed by atoms with E-state index in [9.17, 15) is 5.21 Å². The van der Waals surface area contributed by atoms with Crippen molar-refractivity contribution in [2.75, 3.05) is 19.8 Å². The highest BCUT2D eigenvalue weighted by Gasteiger charge is 2.58. The lowest BCUT2D eigenvalue weighted by Crippen LogP contribution is -2.69. The van der Waals surface area contributed by atoms with Crippen LogP contribution in [0.3, 0.4) is 0 Å².